The highest BCUT2D eigenvalue weighted by Crippen LogP contribution is 2.39. The normalized spacial score (nSPS) is 27.9. The number of hydrogen-bond acceptors (Lipinski definition) is 1. The first kappa shape index (κ1) is 18.1. The monoisotopic (exact) mass is 393 g/mol. The lowest BCUT2D eigenvalue weighted by Gasteiger charge is -2.36. The molecule has 0 heterocycles. The lowest BCUT2D eigenvalue weighted by Crippen LogP contribution is -2.36. The molecule has 0 aromatic carbocycles. The third kappa shape index (κ3) is 5.08. The molecule has 20 heavy (non-hydrogen) atoms. The number of guanidine groups is 1. The second kappa shape index (κ2) is 7.32. The Morgan fingerprint density at radius 3 is 2.10 bits per heavy atom. The number of halogens is 1. The molecule has 0 spiro atoms. The van der Waals surface area contributed by atoms with E-state index in [-0.39, 0.29) is 24.0 Å². The Hall–Kier alpha value is 0. The van der Waals surface area contributed by atoms with Crippen molar-refractivity contribution >= 4 is 29.9 Å². The highest BCUT2D eigenvalue weighted by molar-refractivity contribution is 14.0. The SMILES string of the molecule is CN(C(N)=NCC1CCC(C(C)(C)C)CC1)C1CC1.I. The van der Waals surface area contributed by atoms with Crippen LogP contribution < -0.4 is 5.73 Å². The van der Waals surface area contributed by atoms with Gasteiger partial charge < -0.3 is 10.6 Å². The van der Waals surface area contributed by atoms with E-state index in [0.29, 0.717) is 11.5 Å². The molecule has 2 aliphatic carbocycles. The van der Waals surface area contributed by atoms with Crippen LogP contribution in [0.25, 0.3) is 0 Å². The van der Waals surface area contributed by atoms with Crippen LogP contribution in [-0.2, 0) is 0 Å². The maximum Gasteiger partial charge on any atom is 0.191 e. The van der Waals surface area contributed by atoms with E-state index < -0.39 is 0 Å². The molecule has 0 saturated heterocycles. The smallest absolute Gasteiger partial charge is 0.191 e. The van der Waals surface area contributed by atoms with Gasteiger partial charge in [0, 0.05) is 19.6 Å². The van der Waals surface area contributed by atoms with Crippen molar-refractivity contribution in [2.24, 2.45) is 28.0 Å². The Kier molecular flexibility index (Phi) is 6.61. The van der Waals surface area contributed by atoms with Crippen molar-refractivity contribution in [2.75, 3.05) is 13.6 Å². The van der Waals surface area contributed by atoms with E-state index in [0.717, 1.165) is 24.3 Å². The van der Waals surface area contributed by atoms with Crippen molar-refractivity contribution in [1.29, 1.82) is 0 Å². The summed E-state index contributed by atoms with van der Waals surface area (Å²) in [5.74, 6) is 2.39. The maximum absolute atomic E-state index is 6.05. The third-order valence-electron chi connectivity index (χ3n) is 5.04. The fourth-order valence-electron chi connectivity index (χ4n) is 3.19. The van der Waals surface area contributed by atoms with Gasteiger partial charge in [-0.1, -0.05) is 20.8 Å². The fraction of sp³-hybridized carbons (Fsp3) is 0.938. The predicted octanol–water partition coefficient (Wildman–Crippen LogP) is 3.87. The van der Waals surface area contributed by atoms with Crippen LogP contribution in [0.15, 0.2) is 4.99 Å². The first-order chi connectivity index (χ1) is 8.88. The van der Waals surface area contributed by atoms with E-state index in [2.05, 4.69) is 37.7 Å². The van der Waals surface area contributed by atoms with E-state index in [4.69, 9.17) is 5.73 Å². The molecule has 0 atom stereocenters. The first-order valence-corrected chi connectivity index (χ1v) is 7.90. The largest absolute Gasteiger partial charge is 0.370 e. The number of nitrogens with two attached hydrogens (primary N) is 1. The van der Waals surface area contributed by atoms with Gasteiger partial charge in [-0.2, -0.15) is 0 Å². The zero-order chi connectivity index (χ0) is 14.0. The molecule has 0 aliphatic heterocycles. The Bertz CT molecular complexity index is 323. The van der Waals surface area contributed by atoms with Crippen LogP contribution in [0.5, 0.6) is 0 Å². The molecule has 4 heteroatoms. The highest BCUT2D eigenvalue weighted by atomic mass is 127. The summed E-state index contributed by atoms with van der Waals surface area (Å²) in [5, 5.41) is 0. The minimum absolute atomic E-state index is 0. The van der Waals surface area contributed by atoms with E-state index in [1.807, 2.05) is 0 Å². The van der Waals surface area contributed by atoms with Crippen LogP contribution in [0.2, 0.25) is 0 Å². The van der Waals surface area contributed by atoms with Gasteiger partial charge in [-0.3, -0.25) is 4.99 Å². The molecule has 0 aromatic heterocycles. The molecule has 118 valence electrons. The van der Waals surface area contributed by atoms with Crippen LogP contribution >= 0.6 is 24.0 Å². The Morgan fingerprint density at radius 1 is 1.10 bits per heavy atom. The van der Waals surface area contributed by atoms with Crippen molar-refractivity contribution in [3.8, 4) is 0 Å². The van der Waals surface area contributed by atoms with Crippen LogP contribution in [0, 0.1) is 17.3 Å². The van der Waals surface area contributed by atoms with Gasteiger partial charge in [0.05, 0.1) is 0 Å². The predicted molar refractivity (Wildman–Crippen MR) is 97.6 cm³/mol. The highest BCUT2D eigenvalue weighted by Gasteiger charge is 2.30. The molecule has 2 fully saturated rings. The molecule has 0 radical (unpaired) electrons. The molecule has 2 N–H and O–H groups in total. The summed E-state index contributed by atoms with van der Waals surface area (Å²) in [4.78, 5) is 6.77. The third-order valence-corrected chi connectivity index (χ3v) is 5.04. The molecule has 0 bridgehead atoms. The van der Waals surface area contributed by atoms with Gasteiger partial charge in [0.2, 0.25) is 0 Å². The molecular weight excluding hydrogens is 361 g/mol. The topological polar surface area (TPSA) is 41.6 Å². The molecule has 2 saturated carbocycles. The minimum Gasteiger partial charge on any atom is -0.370 e. The Balaban J connectivity index is 0.00000200. The molecule has 0 unspecified atom stereocenters. The summed E-state index contributed by atoms with van der Waals surface area (Å²) in [5.41, 5.74) is 6.52. The van der Waals surface area contributed by atoms with Gasteiger partial charge in [0.15, 0.2) is 5.96 Å². The standard InChI is InChI=1S/C16H31N3.HI/c1-16(2,3)13-7-5-12(6-8-13)11-18-15(17)19(4)14-9-10-14;/h12-14H,5-11H2,1-4H3,(H2,17,18);1H. The summed E-state index contributed by atoms with van der Waals surface area (Å²) in [6.07, 6.45) is 7.94. The van der Waals surface area contributed by atoms with Crippen LogP contribution in [0.4, 0.5) is 0 Å². The average Bonchev–Trinajstić information content (AvgIpc) is 3.18. The molecule has 3 nitrogen and oxygen atoms in total. The van der Waals surface area contributed by atoms with Crippen LogP contribution in [-0.4, -0.2) is 30.5 Å². The Morgan fingerprint density at radius 2 is 1.65 bits per heavy atom. The fourth-order valence-corrected chi connectivity index (χ4v) is 3.19. The van der Waals surface area contributed by atoms with Crippen LogP contribution in [0.1, 0.15) is 59.3 Å². The Labute approximate surface area is 141 Å². The van der Waals surface area contributed by atoms with Crippen LogP contribution in [0.3, 0.4) is 0 Å². The van der Waals surface area contributed by atoms with Gasteiger partial charge in [-0.15, -0.1) is 24.0 Å². The van der Waals surface area contributed by atoms with Gasteiger partial charge in [-0.25, -0.2) is 0 Å². The minimum atomic E-state index is 0. The second-order valence-corrected chi connectivity index (χ2v) is 7.62. The summed E-state index contributed by atoms with van der Waals surface area (Å²) < 4.78 is 0. The van der Waals surface area contributed by atoms with Crippen molar-refractivity contribution in [1.82, 2.24) is 4.90 Å². The average molecular weight is 393 g/mol. The summed E-state index contributed by atoms with van der Waals surface area (Å²) in [6.45, 7) is 8.05. The maximum atomic E-state index is 6.05. The van der Waals surface area contributed by atoms with Crippen molar-refractivity contribution in [3.63, 3.8) is 0 Å². The van der Waals surface area contributed by atoms with Crippen molar-refractivity contribution in [3.05, 3.63) is 0 Å². The number of hydrogen-bond donors (Lipinski definition) is 1. The van der Waals surface area contributed by atoms with Gasteiger partial charge in [0.1, 0.15) is 0 Å². The quantitative estimate of drug-likeness (QED) is 0.449. The van der Waals surface area contributed by atoms with Gasteiger partial charge in [0.25, 0.3) is 0 Å². The molecule has 0 aromatic rings. The van der Waals surface area contributed by atoms with E-state index >= 15 is 0 Å². The van der Waals surface area contributed by atoms with Gasteiger partial charge >= 0.3 is 0 Å². The molecule has 0 amide bonds. The molecular formula is C16H32IN3. The van der Waals surface area contributed by atoms with E-state index in [9.17, 15) is 0 Å². The molecule has 2 aliphatic rings. The first-order valence-electron chi connectivity index (χ1n) is 7.90. The van der Waals surface area contributed by atoms with E-state index in [1.54, 1.807) is 0 Å². The second-order valence-electron chi connectivity index (χ2n) is 7.62. The molecule has 2 rings (SSSR count). The number of rotatable bonds is 3. The van der Waals surface area contributed by atoms with Gasteiger partial charge in [-0.05, 0) is 55.8 Å². The van der Waals surface area contributed by atoms with Crippen molar-refractivity contribution < 1.29 is 0 Å². The lowest BCUT2D eigenvalue weighted by molar-refractivity contribution is 0.152. The summed E-state index contributed by atoms with van der Waals surface area (Å²) in [7, 11) is 2.08. The van der Waals surface area contributed by atoms with E-state index in [1.165, 1.54) is 38.5 Å². The lowest BCUT2D eigenvalue weighted by atomic mass is 9.70. The number of aliphatic imine (C=N–C) groups is 1. The zero-order valence-corrected chi connectivity index (χ0v) is 15.9. The summed E-state index contributed by atoms with van der Waals surface area (Å²) >= 11 is 0. The van der Waals surface area contributed by atoms with Crippen molar-refractivity contribution in [2.45, 2.75) is 65.3 Å². The number of nitrogens with zero attached hydrogens (tertiary/aromatic N) is 2. The summed E-state index contributed by atoms with van der Waals surface area (Å²) in [6, 6.07) is 0.667. The zero-order valence-electron chi connectivity index (χ0n) is 13.6.